The van der Waals surface area contributed by atoms with Crippen LogP contribution in [0.2, 0.25) is 0 Å². The second-order valence-corrected chi connectivity index (χ2v) is 9.16. The highest BCUT2D eigenvalue weighted by Crippen LogP contribution is 2.18. The third-order valence-electron chi connectivity index (χ3n) is 5.01. The summed E-state index contributed by atoms with van der Waals surface area (Å²) in [5, 5.41) is 2.01. The van der Waals surface area contributed by atoms with Crippen molar-refractivity contribution in [2.45, 2.75) is 26.9 Å². The van der Waals surface area contributed by atoms with Crippen LogP contribution < -0.4 is 4.74 Å². The van der Waals surface area contributed by atoms with Gasteiger partial charge in [-0.3, -0.25) is 9.59 Å². The first-order chi connectivity index (χ1) is 15.5. The Morgan fingerprint density at radius 1 is 0.938 bits per heavy atom. The Hall–Kier alpha value is -3.12. The van der Waals surface area contributed by atoms with Crippen LogP contribution in [0.25, 0.3) is 0 Å². The summed E-state index contributed by atoms with van der Waals surface area (Å²) in [7, 11) is 1.57. The van der Waals surface area contributed by atoms with Gasteiger partial charge in [-0.05, 0) is 41.1 Å². The second kappa shape index (κ2) is 11.5. The molecule has 1 aromatic heterocycles. The van der Waals surface area contributed by atoms with Gasteiger partial charge in [0.15, 0.2) is 0 Å². The first-order valence-electron chi connectivity index (χ1n) is 10.7. The number of methoxy groups -OCH3 is 1. The predicted octanol–water partition coefficient (Wildman–Crippen LogP) is 5.08. The Morgan fingerprint density at radius 2 is 1.72 bits per heavy atom. The van der Waals surface area contributed by atoms with Gasteiger partial charge in [-0.25, -0.2) is 0 Å². The minimum atomic E-state index is -0.165. The topological polar surface area (TPSA) is 49.9 Å². The fourth-order valence-corrected chi connectivity index (χ4v) is 4.21. The number of rotatable bonds is 10. The number of hydrogen-bond donors (Lipinski definition) is 0. The number of hydrogen-bond acceptors (Lipinski definition) is 4. The standard InChI is InChI=1S/C26H30N2O3S/c1-20(2)16-28(26(30)22-11-7-12-23(15-22)31-3)19-25(29)27(18-24-13-8-14-32-24)17-21-9-5-4-6-10-21/h4-15,20H,16-19H2,1-3H3. The maximum atomic E-state index is 13.4. The van der Waals surface area contributed by atoms with Crippen molar-refractivity contribution in [1.82, 2.24) is 9.80 Å². The first kappa shape index (κ1) is 23.5. The summed E-state index contributed by atoms with van der Waals surface area (Å²) in [5.41, 5.74) is 1.58. The fraction of sp³-hybridized carbons (Fsp3) is 0.308. The summed E-state index contributed by atoms with van der Waals surface area (Å²) in [6.45, 7) is 5.65. The van der Waals surface area contributed by atoms with Gasteiger partial charge in [0.1, 0.15) is 12.3 Å². The molecular weight excluding hydrogens is 420 g/mol. The normalized spacial score (nSPS) is 10.8. The molecule has 3 aromatic rings. The highest BCUT2D eigenvalue weighted by atomic mass is 32.1. The minimum Gasteiger partial charge on any atom is -0.497 e. The Morgan fingerprint density at radius 3 is 2.38 bits per heavy atom. The predicted molar refractivity (Wildman–Crippen MR) is 129 cm³/mol. The molecule has 0 radical (unpaired) electrons. The van der Waals surface area contributed by atoms with Gasteiger partial charge in [-0.15, -0.1) is 11.3 Å². The molecule has 0 aliphatic heterocycles. The van der Waals surface area contributed by atoms with Crippen LogP contribution in [0.5, 0.6) is 5.75 Å². The van der Waals surface area contributed by atoms with Crippen LogP contribution >= 0.6 is 11.3 Å². The molecule has 6 heteroatoms. The van der Waals surface area contributed by atoms with Crippen molar-refractivity contribution in [3.05, 3.63) is 88.1 Å². The van der Waals surface area contributed by atoms with Gasteiger partial charge in [0.2, 0.25) is 5.91 Å². The molecule has 0 saturated carbocycles. The minimum absolute atomic E-state index is 0.0342. The zero-order valence-corrected chi connectivity index (χ0v) is 19.7. The van der Waals surface area contributed by atoms with E-state index in [0.29, 0.717) is 30.9 Å². The van der Waals surface area contributed by atoms with Gasteiger partial charge in [-0.2, -0.15) is 0 Å². The van der Waals surface area contributed by atoms with E-state index < -0.39 is 0 Å². The van der Waals surface area contributed by atoms with E-state index in [2.05, 4.69) is 0 Å². The number of amides is 2. The number of nitrogens with zero attached hydrogens (tertiary/aromatic N) is 2. The van der Waals surface area contributed by atoms with Crippen molar-refractivity contribution >= 4 is 23.2 Å². The smallest absolute Gasteiger partial charge is 0.254 e. The summed E-state index contributed by atoms with van der Waals surface area (Å²) in [4.78, 5) is 31.3. The highest BCUT2D eigenvalue weighted by molar-refractivity contribution is 7.09. The lowest BCUT2D eigenvalue weighted by atomic mass is 10.1. The summed E-state index contributed by atoms with van der Waals surface area (Å²) in [6.07, 6.45) is 0. The average molecular weight is 451 g/mol. The van der Waals surface area contributed by atoms with Gasteiger partial charge in [0, 0.05) is 23.5 Å². The molecule has 2 aromatic carbocycles. The molecule has 3 rings (SSSR count). The molecule has 0 aliphatic rings. The Bertz CT molecular complexity index is 1000. The van der Waals surface area contributed by atoms with Crippen molar-refractivity contribution < 1.29 is 14.3 Å². The second-order valence-electron chi connectivity index (χ2n) is 8.13. The summed E-state index contributed by atoms with van der Waals surface area (Å²) < 4.78 is 5.27. The molecule has 5 nitrogen and oxygen atoms in total. The van der Waals surface area contributed by atoms with E-state index in [9.17, 15) is 9.59 Å². The van der Waals surface area contributed by atoms with Gasteiger partial charge in [0.05, 0.1) is 13.7 Å². The first-order valence-corrected chi connectivity index (χ1v) is 11.6. The van der Waals surface area contributed by atoms with E-state index in [4.69, 9.17) is 4.74 Å². The van der Waals surface area contributed by atoms with Crippen LogP contribution in [0, 0.1) is 5.92 Å². The van der Waals surface area contributed by atoms with Gasteiger partial charge in [0.25, 0.3) is 5.91 Å². The lowest BCUT2D eigenvalue weighted by Crippen LogP contribution is -2.43. The van der Waals surface area contributed by atoms with Crippen molar-refractivity contribution in [2.75, 3.05) is 20.2 Å². The molecule has 0 unspecified atom stereocenters. The van der Waals surface area contributed by atoms with E-state index >= 15 is 0 Å². The quantitative estimate of drug-likeness (QED) is 0.433. The third-order valence-corrected chi connectivity index (χ3v) is 5.87. The highest BCUT2D eigenvalue weighted by Gasteiger charge is 2.24. The van der Waals surface area contributed by atoms with E-state index in [1.165, 1.54) is 0 Å². The number of benzene rings is 2. The van der Waals surface area contributed by atoms with Crippen LogP contribution in [0.1, 0.15) is 34.6 Å². The van der Waals surface area contributed by atoms with Crippen molar-refractivity contribution in [3.8, 4) is 5.75 Å². The largest absolute Gasteiger partial charge is 0.497 e. The molecule has 0 atom stereocenters. The number of carbonyl (C=O) groups is 2. The number of carbonyl (C=O) groups excluding carboxylic acids is 2. The molecule has 0 saturated heterocycles. The lowest BCUT2D eigenvalue weighted by molar-refractivity contribution is -0.133. The van der Waals surface area contributed by atoms with Crippen molar-refractivity contribution in [3.63, 3.8) is 0 Å². The molecule has 0 aliphatic carbocycles. The van der Waals surface area contributed by atoms with Crippen LogP contribution in [0.4, 0.5) is 0 Å². The van der Waals surface area contributed by atoms with Gasteiger partial charge >= 0.3 is 0 Å². The average Bonchev–Trinajstić information content (AvgIpc) is 3.31. The molecule has 0 fully saturated rings. The molecule has 0 spiro atoms. The Balaban J connectivity index is 1.81. The van der Waals surface area contributed by atoms with Crippen LogP contribution in [-0.2, 0) is 17.9 Å². The van der Waals surface area contributed by atoms with E-state index in [-0.39, 0.29) is 24.3 Å². The van der Waals surface area contributed by atoms with Crippen LogP contribution in [-0.4, -0.2) is 41.8 Å². The zero-order chi connectivity index (χ0) is 22.9. The summed E-state index contributed by atoms with van der Waals surface area (Å²) in [6, 6.07) is 21.0. The lowest BCUT2D eigenvalue weighted by Gasteiger charge is -2.29. The molecule has 32 heavy (non-hydrogen) atoms. The van der Waals surface area contributed by atoms with E-state index in [1.807, 2.05) is 66.6 Å². The van der Waals surface area contributed by atoms with Crippen LogP contribution in [0.15, 0.2) is 72.1 Å². The van der Waals surface area contributed by atoms with Gasteiger partial charge in [-0.1, -0.05) is 56.3 Å². The van der Waals surface area contributed by atoms with Crippen molar-refractivity contribution in [1.29, 1.82) is 0 Å². The molecule has 1 heterocycles. The number of thiophene rings is 1. The monoisotopic (exact) mass is 450 g/mol. The number of ether oxygens (including phenoxy) is 1. The zero-order valence-electron chi connectivity index (χ0n) is 18.9. The summed E-state index contributed by atoms with van der Waals surface area (Å²) in [5.74, 6) is 0.619. The third kappa shape index (κ3) is 6.69. The van der Waals surface area contributed by atoms with E-state index in [1.54, 1.807) is 47.6 Å². The van der Waals surface area contributed by atoms with E-state index in [0.717, 1.165) is 10.4 Å². The SMILES string of the molecule is COc1cccc(C(=O)N(CC(=O)N(Cc2ccccc2)Cc2cccs2)CC(C)C)c1. The Labute approximate surface area is 194 Å². The molecule has 0 bridgehead atoms. The molecule has 168 valence electrons. The maximum Gasteiger partial charge on any atom is 0.254 e. The molecule has 0 N–H and O–H groups in total. The Kier molecular flexibility index (Phi) is 8.45. The van der Waals surface area contributed by atoms with Crippen molar-refractivity contribution in [2.24, 2.45) is 5.92 Å². The summed E-state index contributed by atoms with van der Waals surface area (Å²) >= 11 is 1.63. The fourth-order valence-electron chi connectivity index (χ4n) is 3.49. The maximum absolute atomic E-state index is 13.4. The van der Waals surface area contributed by atoms with Crippen LogP contribution in [0.3, 0.4) is 0 Å². The van der Waals surface area contributed by atoms with Gasteiger partial charge < -0.3 is 14.5 Å². The molecular formula is C26H30N2O3S. The molecule has 2 amide bonds.